The number of nitrogens with one attached hydrogen (secondary N) is 1. The zero-order valence-corrected chi connectivity index (χ0v) is 13.1. The van der Waals surface area contributed by atoms with Gasteiger partial charge in [0, 0.05) is 13.0 Å². The smallest absolute Gasteiger partial charge is 0.312 e. The third-order valence-electron chi connectivity index (χ3n) is 3.78. The van der Waals surface area contributed by atoms with Crippen molar-refractivity contribution in [2.45, 2.75) is 44.9 Å². The van der Waals surface area contributed by atoms with Crippen LogP contribution in [0.2, 0.25) is 0 Å². The van der Waals surface area contributed by atoms with Gasteiger partial charge >= 0.3 is 11.9 Å². The Balaban J connectivity index is 2.64. The number of sulfonamides is 1. The number of carboxylic acids is 1. The van der Waals surface area contributed by atoms with Gasteiger partial charge in [0.1, 0.15) is 0 Å². The summed E-state index contributed by atoms with van der Waals surface area (Å²) in [5.74, 6) is -1.73. The number of hydrogen-bond donors (Lipinski definition) is 2. The van der Waals surface area contributed by atoms with E-state index in [9.17, 15) is 18.0 Å². The van der Waals surface area contributed by atoms with Crippen LogP contribution in [0.4, 0.5) is 0 Å². The minimum Gasteiger partial charge on any atom is -0.481 e. The SMILES string of the molecule is COC(=O)C1(CS(=O)(=O)NCCCC(=O)O)CCCCC1. The molecule has 0 unspecified atom stereocenters. The van der Waals surface area contributed by atoms with E-state index in [1.54, 1.807) is 0 Å². The van der Waals surface area contributed by atoms with E-state index in [-0.39, 0.29) is 25.1 Å². The van der Waals surface area contributed by atoms with E-state index < -0.39 is 27.4 Å². The Morgan fingerprint density at radius 3 is 2.38 bits per heavy atom. The Morgan fingerprint density at radius 2 is 1.86 bits per heavy atom. The topological polar surface area (TPSA) is 110 Å². The van der Waals surface area contributed by atoms with Gasteiger partial charge in [-0.15, -0.1) is 0 Å². The summed E-state index contributed by atoms with van der Waals surface area (Å²) in [5.41, 5.74) is -0.967. The first-order chi connectivity index (χ1) is 9.81. The van der Waals surface area contributed by atoms with Crippen LogP contribution in [0.1, 0.15) is 44.9 Å². The molecular weight excluding hydrogens is 298 g/mol. The fourth-order valence-electron chi connectivity index (χ4n) is 2.73. The summed E-state index contributed by atoms with van der Waals surface area (Å²) in [6, 6.07) is 0. The average Bonchev–Trinajstić information content (AvgIpc) is 2.43. The molecule has 122 valence electrons. The van der Waals surface area contributed by atoms with Gasteiger partial charge in [-0.1, -0.05) is 19.3 Å². The highest BCUT2D eigenvalue weighted by atomic mass is 32.2. The van der Waals surface area contributed by atoms with Gasteiger partial charge in [0.2, 0.25) is 10.0 Å². The van der Waals surface area contributed by atoms with Crippen molar-refractivity contribution in [3.05, 3.63) is 0 Å². The number of methoxy groups -OCH3 is 1. The van der Waals surface area contributed by atoms with Gasteiger partial charge in [0.05, 0.1) is 18.3 Å². The number of carbonyl (C=O) groups is 2. The normalized spacial score (nSPS) is 18.1. The number of ether oxygens (including phenoxy) is 1. The second-order valence-corrected chi connectivity index (χ2v) is 7.29. The summed E-state index contributed by atoms with van der Waals surface area (Å²) in [6.07, 6.45) is 3.76. The predicted octanol–water partition coefficient (Wildman–Crippen LogP) is 0.894. The molecule has 8 heteroatoms. The molecule has 0 aromatic rings. The van der Waals surface area contributed by atoms with Crippen LogP contribution in [0.15, 0.2) is 0 Å². The lowest BCUT2D eigenvalue weighted by atomic mass is 9.75. The molecule has 0 aliphatic heterocycles. The molecule has 21 heavy (non-hydrogen) atoms. The summed E-state index contributed by atoms with van der Waals surface area (Å²) in [5, 5.41) is 8.51. The molecule has 0 aromatic carbocycles. The Morgan fingerprint density at radius 1 is 1.24 bits per heavy atom. The Bertz CT molecular complexity index is 467. The van der Waals surface area contributed by atoms with Crippen LogP contribution < -0.4 is 4.72 Å². The van der Waals surface area contributed by atoms with E-state index in [0.29, 0.717) is 12.8 Å². The van der Waals surface area contributed by atoms with Gasteiger partial charge in [-0.2, -0.15) is 0 Å². The van der Waals surface area contributed by atoms with Gasteiger partial charge < -0.3 is 9.84 Å². The monoisotopic (exact) mass is 321 g/mol. The summed E-state index contributed by atoms with van der Waals surface area (Å²) in [7, 11) is -2.37. The molecule has 0 spiro atoms. The lowest BCUT2D eigenvalue weighted by Gasteiger charge is -2.33. The molecule has 1 saturated carbocycles. The van der Waals surface area contributed by atoms with Crippen molar-refractivity contribution in [3.63, 3.8) is 0 Å². The van der Waals surface area contributed by atoms with Crippen LogP contribution in [-0.4, -0.2) is 44.9 Å². The zero-order chi connectivity index (χ0) is 15.9. The molecule has 1 fully saturated rings. The molecule has 0 atom stereocenters. The summed E-state index contributed by atoms with van der Waals surface area (Å²) in [6.45, 7) is 0.0614. The molecule has 0 saturated heterocycles. The van der Waals surface area contributed by atoms with E-state index in [1.807, 2.05) is 0 Å². The molecular formula is C13H23NO6S. The van der Waals surface area contributed by atoms with E-state index in [2.05, 4.69) is 4.72 Å². The van der Waals surface area contributed by atoms with Crippen molar-refractivity contribution < 1.29 is 27.9 Å². The number of carbonyl (C=O) groups excluding carboxylic acids is 1. The van der Waals surface area contributed by atoms with Gasteiger partial charge in [-0.3, -0.25) is 9.59 Å². The maximum absolute atomic E-state index is 12.1. The van der Waals surface area contributed by atoms with Crippen molar-refractivity contribution in [1.29, 1.82) is 0 Å². The highest BCUT2D eigenvalue weighted by Gasteiger charge is 2.44. The van der Waals surface area contributed by atoms with E-state index >= 15 is 0 Å². The lowest BCUT2D eigenvalue weighted by molar-refractivity contribution is -0.153. The minimum absolute atomic E-state index is 0.0614. The average molecular weight is 321 g/mol. The Kier molecular flexibility index (Phi) is 6.60. The maximum atomic E-state index is 12.1. The second kappa shape index (κ2) is 7.74. The molecule has 2 N–H and O–H groups in total. The fourth-order valence-corrected chi connectivity index (χ4v) is 4.43. The first-order valence-electron chi connectivity index (χ1n) is 7.09. The number of aliphatic carboxylic acids is 1. The highest BCUT2D eigenvalue weighted by Crippen LogP contribution is 2.38. The van der Waals surface area contributed by atoms with Crippen LogP contribution in [0, 0.1) is 5.41 Å². The summed E-state index contributed by atoms with van der Waals surface area (Å²) < 4.78 is 31.4. The molecule has 1 aliphatic carbocycles. The molecule has 0 heterocycles. The van der Waals surface area contributed by atoms with Crippen LogP contribution >= 0.6 is 0 Å². The molecule has 0 aromatic heterocycles. The number of hydrogen-bond acceptors (Lipinski definition) is 5. The van der Waals surface area contributed by atoms with Gasteiger partial charge in [-0.05, 0) is 19.3 Å². The first kappa shape index (κ1) is 17.9. The fraction of sp³-hybridized carbons (Fsp3) is 0.846. The van der Waals surface area contributed by atoms with Crippen molar-refractivity contribution >= 4 is 22.0 Å². The van der Waals surface area contributed by atoms with E-state index in [4.69, 9.17) is 9.84 Å². The largest absolute Gasteiger partial charge is 0.481 e. The number of carboxylic acid groups (broad SMARTS) is 1. The maximum Gasteiger partial charge on any atom is 0.312 e. The van der Waals surface area contributed by atoms with Crippen LogP contribution in [0.5, 0.6) is 0 Å². The molecule has 0 radical (unpaired) electrons. The van der Waals surface area contributed by atoms with Gasteiger partial charge in [0.15, 0.2) is 0 Å². The van der Waals surface area contributed by atoms with Crippen molar-refractivity contribution in [2.75, 3.05) is 19.4 Å². The predicted molar refractivity (Wildman–Crippen MR) is 76.2 cm³/mol. The van der Waals surface area contributed by atoms with Crippen LogP contribution in [0.3, 0.4) is 0 Å². The molecule has 0 amide bonds. The number of esters is 1. The van der Waals surface area contributed by atoms with Crippen LogP contribution in [0.25, 0.3) is 0 Å². The molecule has 7 nitrogen and oxygen atoms in total. The standard InChI is InChI=1S/C13H23NO6S/c1-20-12(17)13(7-3-2-4-8-13)10-21(18,19)14-9-5-6-11(15)16/h14H,2-10H2,1H3,(H,15,16). The lowest BCUT2D eigenvalue weighted by Crippen LogP contribution is -2.44. The zero-order valence-electron chi connectivity index (χ0n) is 12.3. The molecule has 0 bridgehead atoms. The summed E-state index contributed by atoms with van der Waals surface area (Å²) >= 11 is 0. The third-order valence-corrected chi connectivity index (χ3v) is 5.36. The minimum atomic E-state index is -3.64. The Hall–Kier alpha value is -1.15. The summed E-state index contributed by atoms with van der Waals surface area (Å²) in [4.78, 5) is 22.4. The van der Waals surface area contributed by atoms with Crippen molar-refractivity contribution in [2.24, 2.45) is 5.41 Å². The molecule has 1 aliphatic rings. The van der Waals surface area contributed by atoms with Crippen molar-refractivity contribution in [1.82, 2.24) is 4.72 Å². The second-order valence-electron chi connectivity index (χ2n) is 5.48. The number of rotatable bonds is 8. The molecule has 1 rings (SSSR count). The third kappa shape index (κ3) is 5.62. The first-order valence-corrected chi connectivity index (χ1v) is 8.74. The van der Waals surface area contributed by atoms with Gasteiger partial charge in [-0.25, -0.2) is 13.1 Å². The van der Waals surface area contributed by atoms with Crippen LogP contribution in [-0.2, 0) is 24.3 Å². The Labute approximate surface area is 125 Å². The van der Waals surface area contributed by atoms with Crippen molar-refractivity contribution in [3.8, 4) is 0 Å². The van der Waals surface area contributed by atoms with E-state index in [1.165, 1.54) is 7.11 Å². The quantitative estimate of drug-likeness (QED) is 0.507. The van der Waals surface area contributed by atoms with Gasteiger partial charge in [0.25, 0.3) is 0 Å². The van der Waals surface area contributed by atoms with E-state index in [0.717, 1.165) is 19.3 Å². The highest BCUT2D eigenvalue weighted by molar-refractivity contribution is 7.89.